The van der Waals surface area contributed by atoms with Gasteiger partial charge in [0.15, 0.2) is 6.10 Å². The lowest BCUT2D eigenvalue weighted by Gasteiger charge is -2.20. The zero-order valence-electron chi connectivity index (χ0n) is 36.4. The summed E-state index contributed by atoms with van der Waals surface area (Å²) in [5.74, 6) is -1.08. The van der Waals surface area contributed by atoms with Crippen LogP contribution in [0, 0.1) is 0 Å². The van der Waals surface area contributed by atoms with Crippen LogP contribution in [0.3, 0.4) is 0 Å². The zero-order valence-corrected chi connectivity index (χ0v) is 37.3. The van der Waals surface area contributed by atoms with E-state index in [1.54, 1.807) is 0 Å². The Morgan fingerprint density at radius 1 is 0.559 bits per heavy atom. The minimum Gasteiger partial charge on any atom is -0.462 e. The van der Waals surface area contributed by atoms with E-state index in [9.17, 15) is 34.4 Å². The highest BCUT2D eigenvalue weighted by Crippen LogP contribution is 2.43. The number of aliphatic hydroxyl groups is 4. The molecule has 0 fully saturated rings. The zero-order chi connectivity index (χ0) is 43.7. The second-order valence-corrected chi connectivity index (χ2v) is 16.5. The van der Waals surface area contributed by atoms with Gasteiger partial charge in [0, 0.05) is 12.8 Å². The Balaban J connectivity index is 4.47. The summed E-state index contributed by atoms with van der Waals surface area (Å²) in [6.07, 6.45) is 37.7. The van der Waals surface area contributed by atoms with Crippen LogP contribution in [-0.4, -0.2) is 88.1 Å². The van der Waals surface area contributed by atoms with Crippen LogP contribution >= 0.6 is 7.82 Å². The first-order valence-corrected chi connectivity index (χ1v) is 23.9. The summed E-state index contributed by atoms with van der Waals surface area (Å²) in [4.78, 5) is 35.0. The smallest absolute Gasteiger partial charge is 0.462 e. The maximum Gasteiger partial charge on any atom is 0.472 e. The van der Waals surface area contributed by atoms with Gasteiger partial charge in [0.05, 0.1) is 32.0 Å². The molecule has 5 N–H and O–H groups in total. The Hall–Kier alpha value is -2.41. The van der Waals surface area contributed by atoms with Crippen molar-refractivity contribution in [3.63, 3.8) is 0 Å². The number of phosphoric ester groups is 1. The van der Waals surface area contributed by atoms with E-state index >= 15 is 0 Å². The number of esters is 2. The summed E-state index contributed by atoms with van der Waals surface area (Å²) in [6.45, 7) is 2.07. The van der Waals surface area contributed by atoms with Crippen LogP contribution in [0.4, 0.5) is 0 Å². The number of aliphatic hydroxyl groups excluding tert-OH is 4. The summed E-state index contributed by atoms with van der Waals surface area (Å²) >= 11 is 0. The predicted octanol–water partition coefficient (Wildman–Crippen LogP) is 9.83. The van der Waals surface area contributed by atoms with Gasteiger partial charge < -0.3 is 34.8 Å². The minimum absolute atomic E-state index is 0.112. The molecule has 5 atom stereocenters. The lowest BCUT2D eigenvalue weighted by Crippen LogP contribution is -2.29. The largest absolute Gasteiger partial charge is 0.472 e. The quantitative estimate of drug-likeness (QED) is 0.0170. The Bertz CT molecular complexity index is 1200. The number of rotatable bonds is 41. The van der Waals surface area contributed by atoms with Crippen molar-refractivity contribution in [3.05, 3.63) is 60.8 Å². The molecule has 0 saturated carbocycles. The highest BCUT2D eigenvalue weighted by Gasteiger charge is 2.27. The van der Waals surface area contributed by atoms with Gasteiger partial charge in [-0.15, -0.1) is 0 Å². The van der Waals surface area contributed by atoms with E-state index in [4.69, 9.17) is 19.1 Å². The number of carbonyl (C=O) groups is 2. The summed E-state index contributed by atoms with van der Waals surface area (Å²) in [7, 11) is -4.67. The molecule has 0 bridgehead atoms. The van der Waals surface area contributed by atoms with E-state index in [-0.39, 0.29) is 19.4 Å². The number of carbonyl (C=O) groups excluding carboxylic acids is 2. The Labute approximate surface area is 356 Å². The third kappa shape index (κ3) is 39.5. The number of allylic oxidation sites excluding steroid dienone is 9. The highest BCUT2D eigenvalue weighted by molar-refractivity contribution is 7.47. The third-order valence-corrected chi connectivity index (χ3v) is 10.3. The van der Waals surface area contributed by atoms with E-state index in [2.05, 4.69) is 73.1 Å². The summed E-state index contributed by atoms with van der Waals surface area (Å²) in [6, 6.07) is 0. The summed E-state index contributed by atoms with van der Waals surface area (Å²) in [5, 5.41) is 38.8. The van der Waals surface area contributed by atoms with E-state index in [1.807, 2.05) is 6.08 Å². The fraction of sp³-hybridized carbons (Fsp3) is 0.739. The molecule has 1 unspecified atom stereocenters. The van der Waals surface area contributed by atoms with Crippen LogP contribution < -0.4 is 0 Å². The average Bonchev–Trinajstić information content (AvgIpc) is 3.22. The van der Waals surface area contributed by atoms with E-state index in [1.165, 1.54) is 32.1 Å². The molecule has 342 valence electrons. The van der Waals surface area contributed by atoms with Crippen LogP contribution in [0.25, 0.3) is 0 Å². The molecule has 0 aromatic carbocycles. The molecule has 13 heteroatoms. The van der Waals surface area contributed by atoms with Gasteiger partial charge in [-0.25, -0.2) is 4.57 Å². The second kappa shape index (κ2) is 41.0. The van der Waals surface area contributed by atoms with Gasteiger partial charge in [0.2, 0.25) is 0 Å². The monoisotopic (exact) mass is 857 g/mol. The number of unbranched alkanes of at least 4 members (excludes halogenated alkanes) is 13. The maximum absolute atomic E-state index is 12.6. The van der Waals surface area contributed by atoms with E-state index in [0.29, 0.717) is 25.7 Å². The molecule has 0 aliphatic rings. The van der Waals surface area contributed by atoms with Gasteiger partial charge in [-0.05, 0) is 83.5 Å². The molecule has 0 amide bonds. The van der Waals surface area contributed by atoms with Crippen molar-refractivity contribution in [2.24, 2.45) is 0 Å². The maximum atomic E-state index is 12.6. The minimum atomic E-state index is -4.67. The van der Waals surface area contributed by atoms with Crippen LogP contribution in [0.5, 0.6) is 0 Å². The molecule has 0 aromatic heterocycles. The molecule has 12 nitrogen and oxygen atoms in total. The molecule has 0 spiro atoms. The molecule has 0 saturated heterocycles. The molecule has 0 heterocycles. The van der Waals surface area contributed by atoms with Crippen LogP contribution in [-0.2, 0) is 32.7 Å². The molecule has 0 rings (SSSR count). The van der Waals surface area contributed by atoms with E-state index in [0.717, 1.165) is 83.5 Å². The number of hydrogen-bond acceptors (Lipinski definition) is 11. The van der Waals surface area contributed by atoms with Gasteiger partial charge in [0.25, 0.3) is 0 Å². The molecule has 0 aliphatic heterocycles. The van der Waals surface area contributed by atoms with Crippen molar-refractivity contribution in [2.75, 3.05) is 26.4 Å². The van der Waals surface area contributed by atoms with Crippen molar-refractivity contribution >= 4 is 19.8 Å². The summed E-state index contributed by atoms with van der Waals surface area (Å²) < 4.78 is 32.6. The Kier molecular flexibility index (Phi) is 39.3. The lowest BCUT2D eigenvalue weighted by atomic mass is 10.0. The molecule has 59 heavy (non-hydrogen) atoms. The van der Waals surface area contributed by atoms with Crippen LogP contribution in [0.1, 0.15) is 168 Å². The first-order chi connectivity index (χ1) is 28.5. The predicted molar refractivity (Wildman–Crippen MR) is 236 cm³/mol. The molecule has 0 aromatic rings. The number of hydrogen-bond donors (Lipinski definition) is 5. The van der Waals surface area contributed by atoms with Gasteiger partial charge in [-0.3, -0.25) is 18.6 Å². The van der Waals surface area contributed by atoms with Gasteiger partial charge in [0.1, 0.15) is 12.7 Å². The van der Waals surface area contributed by atoms with Gasteiger partial charge >= 0.3 is 19.8 Å². The first-order valence-electron chi connectivity index (χ1n) is 22.4. The third-order valence-electron chi connectivity index (χ3n) is 9.35. The fourth-order valence-electron chi connectivity index (χ4n) is 5.70. The topological polar surface area (TPSA) is 189 Å². The van der Waals surface area contributed by atoms with Crippen LogP contribution in [0.15, 0.2) is 60.8 Å². The summed E-state index contributed by atoms with van der Waals surface area (Å²) in [5.41, 5.74) is 0. The fourth-order valence-corrected chi connectivity index (χ4v) is 6.49. The van der Waals surface area contributed by atoms with Crippen molar-refractivity contribution in [3.8, 4) is 0 Å². The first kappa shape index (κ1) is 56.6. The van der Waals surface area contributed by atoms with Crippen LogP contribution in [0.2, 0.25) is 0 Å². The second-order valence-electron chi connectivity index (χ2n) is 15.0. The molecule has 0 radical (unpaired) electrons. The van der Waals surface area contributed by atoms with Gasteiger partial charge in [-0.1, -0.05) is 132 Å². The Morgan fingerprint density at radius 3 is 1.61 bits per heavy atom. The molecule has 0 aliphatic carbocycles. The number of ether oxygens (including phenoxy) is 2. The number of phosphoric acid groups is 1. The molecular weight excluding hydrogens is 775 g/mol. The van der Waals surface area contributed by atoms with Crippen molar-refractivity contribution in [1.29, 1.82) is 0 Å². The SMILES string of the molecule is CCCCC/C=C\C/C=C\C/C=C\C/C=C\CCCCCC(=O)O[C@H](COC(=O)CCCCCCC[C@@H](O)[C@H](O)C/C=C\CCCCC)COP(=O)(O)OC[C@@H](O)CO. The van der Waals surface area contributed by atoms with Crippen molar-refractivity contribution in [2.45, 2.75) is 192 Å². The molecular formula is C46H81O12P. The average molecular weight is 857 g/mol. The van der Waals surface area contributed by atoms with Crippen molar-refractivity contribution < 1.29 is 58.0 Å². The van der Waals surface area contributed by atoms with Gasteiger partial charge in [-0.2, -0.15) is 0 Å². The Morgan fingerprint density at radius 2 is 1.03 bits per heavy atom. The standard InChI is InChI=1S/C46H81O12P/c1-3-5-7-9-11-12-13-14-15-16-17-18-19-20-21-22-23-27-32-36-46(52)58-42(40-57-59(53,54)56-38-41(48)37-47)39-55-45(51)35-31-28-24-26-30-34-44(50)43(49)33-29-25-10-8-6-4-2/h11-12,14-15,17-18,20-21,25,29,41-44,47-50H,3-10,13,16,19,22-24,26-28,30-40H2,1-2H3,(H,53,54)/b12-11-,15-14-,18-17-,21-20-,29-25-/t41-,42+,43+,44+/m0/s1. The normalized spacial score (nSPS) is 15.4. The highest BCUT2D eigenvalue weighted by atomic mass is 31.2. The van der Waals surface area contributed by atoms with E-state index < -0.39 is 64.0 Å². The van der Waals surface area contributed by atoms with Crippen molar-refractivity contribution in [1.82, 2.24) is 0 Å². The lowest BCUT2D eigenvalue weighted by molar-refractivity contribution is -0.161.